The number of allylic oxidation sites excluding steroid dienone is 1. The summed E-state index contributed by atoms with van der Waals surface area (Å²) >= 11 is 0. The molecule has 0 radical (unpaired) electrons. The van der Waals surface area contributed by atoms with Crippen LogP contribution in [0.1, 0.15) is 36.0 Å². The Bertz CT molecular complexity index is 983. The van der Waals surface area contributed by atoms with Crippen molar-refractivity contribution < 1.29 is 9.53 Å². The van der Waals surface area contributed by atoms with E-state index in [0.717, 1.165) is 17.5 Å². The normalized spacial score (nSPS) is 21.0. The van der Waals surface area contributed by atoms with Gasteiger partial charge in [-0.05, 0) is 29.7 Å². The zero-order chi connectivity index (χ0) is 20.1. The van der Waals surface area contributed by atoms with E-state index >= 15 is 0 Å². The molecule has 0 saturated heterocycles. The smallest absolute Gasteiger partial charge is 0.286 e. The van der Waals surface area contributed by atoms with Crippen molar-refractivity contribution in [2.45, 2.75) is 31.4 Å². The Kier molecular flexibility index (Phi) is 5.48. The van der Waals surface area contributed by atoms with Crippen LogP contribution in [0.4, 0.5) is 0 Å². The van der Waals surface area contributed by atoms with Gasteiger partial charge in [-0.25, -0.2) is 0 Å². The lowest BCUT2D eigenvalue weighted by atomic mass is 9.80. The quantitative estimate of drug-likeness (QED) is 0.649. The van der Waals surface area contributed by atoms with Crippen molar-refractivity contribution in [1.82, 2.24) is 5.32 Å². The van der Waals surface area contributed by atoms with E-state index in [2.05, 4.69) is 36.5 Å². The first-order chi connectivity index (χ1) is 14.1. The summed E-state index contributed by atoms with van der Waals surface area (Å²) in [6.07, 6.45) is 2.73. The van der Waals surface area contributed by atoms with Crippen molar-refractivity contribution in [3.8, 4) is 0 Å². The van der Waals surface area contributed by atoms with Gasteiger partial charge in [-0.2, -0.15) is 0 Å². The van der Waals surface area contributed by atoms with Crippen molar-refractivity contribution in [2.24, 2.45) is 0 Å². The number of hydrogen-bond acceptors (Lipinski definition) is 2. The minimum Gasteiger partial charge on any atom is -0.477 e. The number of ether oxygens (including phenoxy) is 1. The first kappa shape index (κ1) is 19.0. The molecular formula is C26H25NO2. The molecule has 0 aromatic heterocycles. The van der Waals surface area contributed by atoms with Crippen LogP contribution in [0, 0.1) is 0 Å². The first-order valence-electron chi connectivity index (χ1n) is 9.97. The van der Waals surface area contributed by atoms with E-state index in [9.17, 15) is 4.79 Å². The largest absolute Gasteiger partial charge is 0.477 e. The predicted molar refractivity (Wildman–Crippen MR) is 115 cm³/mol. The second kappa shape index (κ2) is 8.36. The molecular weight excluding hydrogens is 358 g/mol. The molecule has 3 aromatic carbocycles. The van der Waals surface area contributed by atoms with Gasteiger partial charge < -0.3 is 10.1 Å². The van der Waals surface area contributed by atoms with Crippen LogP contribution < -0.4 is 5.32 Å². The molecule has 1 heterocycles. The van der Waals surface area contributed by atoms with Gasteiger partial charge >= 0.3 is 0 Å². The minimum absolute atomic E-state index is 0.104. The highest BCUT2D eigenvalue weighted by Gasteiger charge is 2.38. The number of carbonyl (C=O) groups excluding carboxylic acids is 1. The molecule has 1 N–H and O–H groups in total. The van der Waals surface area contributed by atoms with E-state index in [-0.39, 0.29) is 11.8 Å². The Hall–Kier alpha value is -3.33. The molecule has 0 bridgehead atoms. The fourth-order valence-electron chi connectivity index (χ4n) is 3.85. The Morgan fingerprint density at radius 1 is 0.931 bits per heavy atom. The van der Waals surface area contributed by atoms with E-state index in [4.69, 9.17) is 4.74 Å². The van der Waals surface area contributed by atoms with Crippen molar-refractivity contribution in [2.75, 3.05) is 0 Å². The lowest BCUT2D eigenvalue weighted by molar-refractivity contribution is -0.126. The summed E-state index contributed by atoms with van der Waals surface area (Å²) < 4.78 is 6.31. The summed E-state index contributed by atoms with van der Waals surface area (Å²) in [7, 11) is 0. The summed E-state index contributed by atoms with van der Waals surface area (Å²) in [4.78, 5) is 13.0. The summed E-state index contributed by atoms with van der Waals surface area (Å²) in [6, 6.07) is 30.3. The zero-order valence-corrected chi connectivity index (χ0v) is 16.5. The second-order valence-electron chi connectivity index (χ2n) is 7.62. The van der Waals surface area contributed by atoms with Crippen molar-refractivity contribution >= 4 is 5.91 Å². The fourth-order valence-corrected chi connectivity index (χ4v) is 3.85. The van der Waals surface area contributed by atoms with Gasteiger partial charge in [0.25, 0.3) is 5.91 Å². The fraction of sp³-hybridized carbons (Fsp3) is 0.192. The third-order valence-electron chi connectivity index (χ3n) is 5.43. The Morgan fingerprint density at radius 2 is 1.52 bits per heavy atom. The minimum atomic E-state index is -0.573. The van der Waals surface area contributed by atoms with Gasteiger partial charge in [0, 0.05) is 18.9 Å². The van der Waals surface area contributed by atoms with Crippen molar-refractivity contribution in [3.05, 3.63) is 120 Å². The highest BCUT2D eigenvalue weighted by molar-refractivity contribution is 5.91. The molecule has 2 atom stereocenters. The molecule has 1 aliphatic rings. The van der Waals surface area contributed by atoms with Gasteiger partial charge in [0.1, 0.15) is 5.60 Å². The number of carbonyl (C=O) groups is 1. The number of amides is 1. The highest BCUT2D eigenvalue weighted by atomic mass is 16.5. The van der Waals surface area contributed by atoms with E-state index in [1.807, 2.05) is 72.8 Å². The number of hydrogen-bond donors (Lipinski definition) is 1. The Morgan fingerprint density at radius 3 is 2.17 bits per heavy atom. The van der Waals surface area contributed by atoms with E-state index < -0.39 is 5.60 Å². The van der Waals surface area contributed by atoms with Crippen LogP contribution in [0.3, 0.4) is 0 Å². The molecule has 3 nitrogen and oxygen atoms in total. The number of rotatable bonds is 5. The van der Waals surface area contributed by atoms with Gasteiger partial charge in [-0.3, -0.25) is 4.79 Å². The first-order valence-corrected chi connectivity index (χ1v) is 9.97. The molecule has 0 saturated carbocycles. The monoisotopic (exact) mass is 383 g/mol. The van der Waals surface area contributed by atoms with Gasteiger partial charge in [-0.15, -0.1) is 0 Å². The molecule has 146 valence electrons. The van der Waals surface area contributed by atoms with Crippen LogP contribution in [-0.2, 0) is 21.7 Å². The van der Waals surface area contributed by atoms with Gasteiger partial charge in [0.05, 0.1) is 0 Å². The maximum Gasteiger partial charge on any atom is 0.286 e. The lowest BCUT2D eigenvalue weighted by Crippen LogP contribution is -2.36. The van der Waals surface area contributed by atoms with E-state index in [1.165, 1.54) is 5.56 Å². The average Bonchev–Trinajstić information content (AvgIpc) is 2.79. The standard InChI is InChI=1S/C26H25NO2/c1-26(23-15-9-4-10-16-23)18-22(21-13-7-3-8-14-21)17-24(29-26)25(28)27-19-20-11-5-2-6-12-20/h2-17,22H,18-19H2,1H3,(H,27,28)/t22-,26+/m0/s1. The summed E-state index contributed by atoms with van der Waals surface area (Å²) in [6.45, 7) is 2.54. The van der Waals surface area contributed by atoms with E-state index in [1.54, 1.807) is 0 Å². The molecule has 29 heavy (non-hydrogen) atoms. The molecule has 0 aliphatic carbocycles. The third kappa shape index (κ3) is 4.40. The zero-order valence-electron chi connectivity index (χ0n) is 16.5. The van der Waals surface area contributed by atoms with E-state index in [0.29, 0.717) is 12.3 Å². The van der Waals surface area contributed by atoms with Crippen LogP contribution in [0.2, 0.25) is 0 Å². The molecule has 3 aromatic rings. The lowest BCUT2D eigenvalue weighted by Gasteiger charge is -2.38. The Balaban J connectivity index is 1.61. The molecule has 1 aliphatic heterocycles. The molecule has 0 unspecified atom stereocenters. The summed E-state index contributed by atoms with van der Waals surface area (Å²) in [5.41, 5.74) is 2.74. The number of nitrogens with one attached hydrogen (secondary N) is 1. The SMILES string of the molecule is C[C@]1(c2ccccc2)C[C@@H](c2ccccc2)C=C(C(=O)NCc2ccccc2)O1. The van der Waals surface area contributed by atoms with Crippen LogP contribution in [0.15, 0.2) is 103 Å². The highest BCUT2D eigenvalue weighted by Crippen LogP contribution is 2.42. The predicted octanol–water partition coefficient (Wildman–Crippen LogP) is 5.31. The van der Waals surface area contributed by atoms with Gasteiger partial charge in [0.2, 0.25) is 0 Å². The molecule has 0 spiro atoms. The van der Waals surface area contributed by atoms with Gasteiger partial charge in [-0.1, -0.05) is 91.0 Å². The second-order valence-corrected chi connectivity index (χ2v) is 7.62. The molecule has 0 fully saturated rings. The van der Waals surface area contributed by atoms with Crippen molar-refractivity contribution in [3.63, 3.8) is 0 Å². The maximum atomic E-state index is 13.0. The van der Waals surface area contributed by atoms with Crippen LogP contribution in [-0.4, -0.2) is 5.91 Å². The molecule has 1 amide bonds. The molecule has 4 rings (SSSR count). The average molecular weight is 383 g/mol. The number of benzene rings is 3. The van der Waals surface area contributed by atoms with Crippen LogP contribution in [0.5, 0.6) is 0 Å². The summed E-state index contributed by atoms with van der Waals surface area (Å²) in [5, 5.41) is 3.00. The Labute approximate surface area is 172 Å². The summed E-state index contributed by atoms with van der Waals surface area (Å²) in [5.74, 6) is 0.302. The van der Waals surface area contributed by atoms with Crippen LogP contribution >= 0.6 is 0 Å². The third-order valence-corrected chi connectivity index (χ3v) is 5.43. The van der Waals surface area contributed by atoms with Gasteiger partial charge in [0.15, 0.2) is 5.76 Å². The van der Waals surface area contributed by atoms with Crippen molar-refractivity contribution in [1.29, 1.82) is 0 Å². The van der Waals surface area contributed by atoms with Crippen LogP contribution in [0.25, 0.3) is 0 Å². The maximum absolute atomic E-state index is 13.0. The topological polar surface area (TPSA) is 38.3 Å². The molecule has 3 heteroatoms.